The summed E-state index contributed by atoms with van der Waals surface area (Å²) in [6.45, 7) is 2.63. The van der Waals surface area contributed by atoms with Gasteiger partial charge in [0.25, 0.3) is 5.91 Å². The summed E-state index contributed by atoms with van der Waals surface area (Å²) in [4.78, 5) is 23.6. The van der Waals surface area contributed by atoms with Crippen molar-refractivity contribution in [2.75, 3.05) is 25.1 Å². The van der Waals surface area contributed by atoms with Crippen LogP contribution in [0.4, 0.5) is 5.69 Å². The molecule has 1 atom stereocenters. The third-order valence-corrected chi connectivity index (χ3v) is 4.12. The molecule has 2 amide bonds. The molecule has 1 saturated carbocycles. The minimum Gasteiger partial charge on any atom is -0.484 e. The summed E-state index contributed by atoms with van der Waals surface area (Å²) in [6.07, 6.45) is 3.50. The summed E-state index contributed by atoms with van der Waals surface area (Å²) in [6, 6.07) is 7.05. The molecule has 6 heteroatoms. The fourth-order valence-corrected chi connectivity index (χ4v) is 2.34. The van der Waals surface area contributed by atoms with Gasteiger partial charge in [0.05, 0.1) is 0 Å². The molecular formula is C18H26N2O4. The summed E-state index contributed by atoms with van der Waals surface area (Å²) in [5.74, 6) is 0.810. The summed E-state index contributed by atoms with van der Waals surface area (Å²) in [5, 5.41) is 14.6. The van der Waals surface area contributed by atoms with E-state index in [0.29, 0.717) is 24.4 Å². The smallest absolute Gasteiger partial charge is 0.257 e. The molecule has 0 unspecified atom stereocenters. The van der Waals surface area contributed by atoms with Crippen molar-refractivity contribution in [3.63, 3.8) is 0 Å². The van der Waals surface area contributed by atoms with Crippen LogP contribution in [0.15, 0.2) is 24.3 Å². The lowest BCUT2D eigenvalue weighted by Crippen LogP contribution is -2.33. The van der Waals surface area contributed by atoms with Crippen molar-refractivity contribution in [1.82, 2.24) is 5.32 Å². The van der Waals surface area contributed by atoms with Crippen LogP contribution in [0.25, 0.3) is 0 Å². The minimum atomic E-state index is -0.196. The molecule has 0 aliphatic heterocycles. The normalized spacial score (nSPS) is 14.8. The van der Waals surface area contributed by atoms with E-state index in [2.05, 4.69) is 10.6 Å². The van der Waals surface area contributed by atoms with E-state index in [1.54, 1.807) is 24.3 Å². The van der Waals surface area contributed by atoms with Crippen LogP contribution in [0.1, 0.15) is 32.6 Å². The highest BCUT2D eigenvalue weighted by atomic mass is 16.5. The van der Waals surface area contributed by atoms with Crippen molar-refractivity contribution in [1.29, 1.82) is 0 Å². The van der Waals surface area contributed by atoms with Crippen molar-refractivity contribution in [2.24, 2.45) is 11.8 Å². The van der Waals surface area contributed by atoms with Gasteiger partial charge in [0.2, 0.25) is 5.91 Å². The molecule has 0 radical (unpaired) electrons. The second kappa shape index (κ2) is 9.27. The Hall–Kier alpha value is -2.08. The zero-order chi connectivity index (χ0) is 17.4. The van der Waals surface area contributed by atoms with Crippen molar-refractivity contribution in [3.8, 4) is 5.75 Å². The molecule has 0 heterocycles. The standard InChI is InChI=1S/C18H26N2O4/c1-2-13(8-9-21)11-19-17(22)12-24-16-5-3-4-15(10-16)20-18(23)14-6-7-14/h3-5,10,13-14,21H,2,6-9,11-12H2,1H3,(H,19,22)(H,20,23)/t13-/m0/s1. The number of benzene rings is 1. The Morgan fingerprint density at radius 2 is 2.17 bits per heavy atom. The quantitative estimate of drug-likeness (QED) is 0.610. The highest BCUT2D eigenvalue weighted by molar-refractivity contribution is 5.94. The number of anilines is 1. The maximum absolute atomic E-state index is 11.8. The van der Waals surface area contributed by atoms with Crippen LogP contribution in [-0.4, -0.2) is 36.7 Å². The van der Waals surface area contributed by atoms with Gasteiger partial charge in [-0.2, -0.15) is 0 Å². The van der Waals surface area contributed by atoms with Crippen LogP contribution >= 0.6 is 0 Å². The zero-order valence-corrected chi connectivity index (χ0v) is 14.1. The summed E-state index contributed by atoms with van der Waals surface area (Å²) in [5.41, 5.74) is 0.679. The minimum absolute atomic E-state index is 0.0411. The maximum atomic E-state index is 11.8. The summed E-state index contributed by atoms with van der Waals surface area (Å²) in [7, 11) is 0. The first-order valence-electron chi connectivity index (χ1n) is 8.53. The molecule has 0 spiro atoms. The Morgan fingerprint density at radius 3 is 2.83 bits per heavy atom. The predicted octanol–water partition coefficient (Wildman–Crippen LogP) is 1.94. The summed E-state index contributed by atoms with van der Waals surface area (Å²) < 4.78 is 5.48. The number of aliphatic hydroxyl groups is 1. The fraction of sp³-hybridized carbons (Fsp3) is 0.556. The third kappa shape index (κ3) is 6.20. The van der Waals surface area contributed by atoms with E-state index in [4.69, 9.17) is 9.84 Å². The number of carbonyl (C=O) groups excluding carboxylic acids is 2. The van der Waals surface area contributed by atoms with Crippen molar-refractivity contribution >= 4 is 17.5 Å². The van der Waals surface area contributed by atoms with Gasteiger partial charge in [-0.1, -0.05) is 19.4 Å². The van der Waals surface area contributed by atoms with Crippen LogP contribution < -0.4 is 15.4 Å². The number of ether oxygens (including phenoxy) is 1. The van der Waals surface area contributed by atoms with E-state index in [1.165, 1.54) is 0 Å². The maximum Gasteiger partial charge on any atom is 0.257 e. The van der Waals surface area contributed by atoms with E-state index in [1.807, 2.05) is 6.92 Å². The molecule has 6 nitrogen and oxygen atoms in total. The average Bonchev–Trinajstić information content (AvgIpc) is 3.42. The number of aliphatic hydroxyl groups excluding tert-OH is 1. The van der Waals surface area contributed by atoms with Crippen LogP contribution in [0, 0.1) is 11.8 Å². The van der Waals surface area contributed by atoms with Gasteiger partial charge >= 0.3 is 0 Å². The number of nitrogens with one attached hydrogen (secondary N) is 2. The van der Waals surface area contributed by atoms with E-state index in [0.717, 1.165) is 19.3 Å². The Kier molecular flexibility index (Phi) is 7.06. The van der Waals surface area contributed by atoms with Gasteiger partial charge in [0.15, 0.2) is 6.61 Å². The molecule has 2 rings (SSSR count). The summed E-state index contributed by atoms with van der Waals surface area (Å²) >= 11 is 0. The zero-order valence-electron chi connectivity index (χ0n) is 14.1. The van der Waals surface area contributed by atoms with E-state index < -0.39 is 0 Å². The molecule has 132 valence electrons. The third-order valence-electron chi connectivity index (χ3n) is 4.12. The molecule has 1 fully saturated rings. The monoisotopic (exact) mass is 334 g/mol. The number of amides is 2. The van der Waals surface area contributed by atoms with Crippen LogP contribution in [0.3, 0.4) is 0 Å². The molecule has 1 aliphatic rings. The topological polar surface area (TPSA) is 87.7 Å². The van der Waals surface area contributed by atoms with Crippen LogP contribution in [0.5, 0.6) is 5.75 Å². The largest absolute Gasteiger partial charge is 0.484 e. The van der Waals surface area contributed by atoms with E-state index in [9.17, 15) is 9.59 Å². The van der Waals surface area contributed by atoms with Gasteiger partial charge in [-0.25, -0.2) is 0 Å². The lowest BCUT2D eigenvalue weighted by molar-refractivity contribution is -0.123. The van der Waals surface area contributed by atoms with Crippen molar-refractivity contribution in [3.05, 3.63) is 24.3 Å². The number of rotatable bonds is 10. The molecule has 0 aromatic heterocycles. The van der Waals surface area contributed by atoms with E-state index >= 15 is 0 Å². The first-order chi connectivity index (χ1) is 11.6. The SMILES string of the molecule is CC[C@@H](CCO)CNC(=O)COc1cccc(NC(=O)C2CC2)c1. The predicted molar refractivity (Wildman–Crippen MR) is 91.8 cm³/mol. The van der Waals surface area contributed by atoms with Gasteiger partial charge in [-0.15, -0.1) is 0 Å². The van der Waals surface area contributed by atoms with Gasteiger partial charge < -0.3 is 20.5 Å². The highest BCUT2D eigenvalue weighted by Gasteiger charge is 2.29. The highest BCUT2D eigenvalue weighted by Crippen LogP contribution is 2.30. The number of hydrogen-bond donors (Lipinski definition) is 3. The Bertz CT molecular complexity index is 558. The van der Waals surface area contributed by atoms with Crippen molar-refractivity contribution < 1.29 is 19.4 Å². The fourth-order valence-electron chi connectivity index (χ4n) is 2.34. The number of carbonyl (C=O) groups is 2. The molecule has 0 bridgehead atoms. The molecule has 1 aromatic rings. The Balaban J connectivity index is 1.74. The second-order valence-corrected chi connectivity index (χ2v) is 6.17. The molecule has 3 N–H and O–H groups in total. The second-order valence-electron chi connectivity index (χ2n) is 6.17. The van der Waals surface area contributed by atoms with Gasteiger partial charge in [0.1, 0.15) is 5.75 Å². The number of hydrogen-bond acceptors (Lipinski definition) is 4. The average molecular weight is 334 g/mol. The molecule has 24 heavy (non-hydrogen) atoms. The van der Waals surface area contributed by atoms with Crippen molar-refractivity contribution in [2.45, 2.75) is 32.6 Å². The van der Waals surface area contributed by atoms with Crippen LogP contribution in [-0.2, 0) is 9.59 Å². The molecule has 1 aromatic carbocycles. The van der Waals surface area contributed by atoms with Crippen LogP contribution in [0.2, 0.25) is 0 Å². The first kappa shape index (κ1) is 18.3. The lowest BCUT2D eigenvalue weighted by Gasteiger charge is -2.14. The van der Waals surface area contributed by atoms with E-state index in [-0.39, 0.29) is 36.9 Å². The molecular weight excluding hydrogens is 308 g/mol. The van der Waals surface area contributed by atoms with Gasteiger partial charge in [-0.3, -0.25) is 9.59 Å². The Morgan fingerprint density at radius 1 is 1.38 bits per heavy atom. The molecule has 1 aliphatic carbocycles. The Labute approximate surface area is 142 Å². The van der Waals surface area contributed by atoms with Gasteiger partial charge in [-0.05, 0) is 37.3 Å². The first-order valence-corrected chi connectivity index (χ1v) is 8.53. The van der Waals surface area contributed by atoms with Gasteiger partial charge in [0, 0.05) is 30.8 Å². The lowest BCUT2D eigenvalue weighted by atomic mass is 10.0. The molecule has 0 saturated heterocycles.